The monoisotopic (exact) mass is 441 g/mol. The number of rotatable bonds is 21. The fourth-order valence-electron chi connectivity index (χ4n) is 3.78. The highest BCUT2D eigenvalue weighted by atomic mass is 35.5. The molecule has 0 saturated heterocycles. The summed E-state index contributed by atoms with van der Waals surface area (Å²) >= 11 is 0. The van der Waals surface area contributed by atoms with E-state index in [0.29, 0.717) is 16.8 Å². The van der Waals surface area contributed by atoms with Crippen LogP contribution in [0.1, 0.15) is 122 Å². The van der Waals surface area contributed by atoms with E-state index in [1.54, 1.807) is 0 Å². The van der Waals surface area contributed by atoms with Gasteiger partial charge in [-0.2, -0.15) is 0 Å². The standard InChI is InChI=1S/C27H52NO.ClH/c1-5-7-8-9-10-11-12-13-14-15-16-17-18-19-20-21-22-23-24-25-27(29)28(3,4)26-6-2;/h6,13-14H,2,5,7-12,15-26H2,1,3-4H3;1H/q+1;/p-1/b14-13-;. The van der Waals surface area contributed by atoms with Crippen molar-refractivity contribution >= 4 is 5.91 Å². The molecule has 178 valence electrons. The number of nitrogens with zero attached hydrogens (tertiary/aromatic N) is 1. The first-order valence-electron chi connectivity index (χ1n) is 12.7. The van der Waals surface area contributed by atoms with Crippen molar-refractivity contribution in [3.8, 4) is 0 Å². The third-order valence-electron chi connectivity index (χ3n) is 5.91. The number of halogens is 1. The van der Waals surface area contributed by atoms with Crippen molar-refractivity contribution in [3.05, 3.63) is 24.8 Å². The maximum Gasteiger partial charge on any atom is 0.313 e. The third-order valence-corrected chi connectivity index (χ3v) is 5.91. The fourth-order valence-corrected chi connectivity index (χ4v) is 3.78. The van der Waals surface area contributed by atoms with Crippen molar-refractivity contribution in [1.82, 2.24) is 0 Å². The highest BCUT2D eigenvalue weighted by molar-refractivity contribution is 5.68. The van der Waals surface area contributed by atoms with E-state index in [4.69, 9.17) is 0 Å². The molecule has 0 aliphatic carbocycles. The number of unbranched alkanes of at least 4 members (excludes halogenated alkanes) is 15. The van der Waals surface area contributed by atoms with Crippen LogP contribution in [-0.2, 0) is 4.79 Å². The van der Waals surface area contributed by atoms with E-state index < -0.39 is 0 Å². The minimum atomic E-state index is 0. The molecule has 0 atom stereocenters. The zero-order valence-electron chi connectivity index (χ0n) is 20.6. The van der Waals surface area contributed by atoms with Gasteiger partial charge in [0.15, 0.2) is 0 Å². The predicted molar refractivity (Wildman–Crippen MR) is 130 cm³/mol. The number of allylic oxidation sites excluding steroid dienone is 2. The normalized spacial score (nSPS) is 11.6. The molecule has 3 heteroatoms. The van der Waals surface area contributed by atoms with Crippen LogP contribution in [0.15, 0.2) is 24.8 Å². The summed E-state index contributed by atoms with van der Waals surface area (Å²) in [5.41, 5.74) is 0. The van der Waals surface area contributed by atoms with Gasteiger partial charge in [0, 0.05) is 0 Å². The second-order valence-electron chi connectivity index (χ2n) is 9.30. The molecular weight excluding hydrogens is 390 g/mol. The zero-order chi connectivity index (χ0) is 21.6. The number of hydrogen-bond donors (Lipinski definition) is 0. The minimum Gasteiger partial charge on any atom is -1.00 e. The first kappa shape index (κ1) is 31.6. The van der Waals surface area contributed by atoms with Gasteiger partial charge in [-0.25, -0.2) is 4.79 Å². The molecule has 0 rings (SSSR count). The average Bonchev–Trinajstić information content (AvgIpc) is 2.69. The molecule has 0 aliphatic rings. The molecule has 0 aromatic heterocycles. The number of likely N-dealkylation sites (N-methyl/N-ethyl adjacent to an activating group) is 1. The summed E-state index contributed by atoms with van der Waals surface area (Å²) in [6.07, 6.45) is 30.0. The van der Waals surface area contributed by atoms with Gasteiger partial charge in [-0.3, -0.25) is 4.48 Å². The van der Waals surface area contributed by atoms with E-state index in [1.165, 1.54) is 103 Å². The molecule has 0 heterocycles. The topological polar surface area (TPSA) is 17.1 Å². The van der Waals surface area contributed by atoms with Crippen LogP contribution in [0, 0.1) is 0 Å². The molecule has 0 aromatic carbocycles. The number of carbonyl (C=O) groups excluding carboxylic acids is 1. The Morgan fingerprint density at radius 1 is 0.700 bits per heavy atom. The lowest BCUT2D eigenvalue weighted by molar-refractivity contribution is -0.807. The Balaban J connectivity index is 0. The number of quaternary nitrogens is 1. The van der Waals surface area contributed by atoms with Gasteiger partial charge < -0.3 is 12.4 Å². The van der Waals surface area contributed by atoms with Crippen LogP contribution < -0.4 is 12.4 Å². The molecule has 1 amide bonds. The van der Waals surface area contributed by atoms with Crippen LogP contribution in [0.4, 0.5) is 0 Å². The van der Waals surface area contributed by atoms with Crippen molar-refractivity contribution in [2.45, 2.75) is 122 Å². The van der Waals surface area contributed by atoms with E-state index in [9.17, 15) is 4.79 Å². The molecule has 0 bridgehead atoms. The molecule has 0 aromatic rings. The van der Waals surface area contributed by atoms with Crippen LogP contribution in [0.2, 0.25) is 0 Å². The second-order valence-corrected chi connectivity index (χ2v) is 9.30. The van der Waals surface area contributed by atoms with Gasteiger partial charge in [-0.1, -0.05) is 103 Å². The number of hydrogen-bond acceptors (Lipinski definition) is 1. The van der Waals surface area contributed by atoms with Crippen LogP contribution in [0.3, 0.4) is 0 Å². The van der Waals surface area contributed by atoms with Gasteiger partial charge >= 0.3 is 5.91 Å². The summed E-state index contributed by atoms with van der Waals surface area (Å²) in [5.74, 6) is 0.339. The molecule has 0 unspecified atom stereocenters. The molecule has 2 nitrogen and oxygen atoms in total. The molecule has 0 N–H and O–H groups in total. The number of amides is 1. The summed E-state index contributed by atoms with van der Waals surface area (Å²) in [4.78, 5) is 12.2. The Bertz CT molecular complexity index is 417. The Labute approximate surface area is 195 Å². The molecule has 0 saturated carbocycles. The molecule has 30 heavy (non-hydrogen) atoms. The quantitative estimate of drug-likeness (QED) is 0.133. The first-order chi connectivity index (χ1) is 14.0. The van der Waals surface area contributed by atoms with Crippen molar-refractivity contribution in [3.63, 3.8) is 0 Å². The molecule has 0 fully saturated rings. The maximum atomic E-state index is 12.2. The first-order valence-corrected chi connectivity index (χ1v) is 12.7. The molecular formula is C27H52ClNO. The average molecular weight is 442 g/mol. The van der Waals surface area contributed by atoms with Crippen LogP contribution in [0.25, 0.3) is 0 Å². The van der Waals surface area contributed by atoms with Gasteiger partial charge in [0.1, 0.15) is 6.54 Å². The summed E-state index contributed by atoms with van der Waals surface area (Å²) in [6, 6.07) is 0. The van der Waals surface area contributed by atoms with Crippen molar-refractivity contribution in [1.29, 1.82) is 0 Å². The van der Waals surface area contributed by atoms with Crippen molar-refractivity contribution < 1.29 is 21.7 Å². The van der Waals surface area contributed by atoms with Crippen molar-refractivity contribution in [2.75, 3.05) is 20.6 Å². The fraction of sp³-hybridized carbons (Fsp3) is 0.815. The van der Waals surface area contributed by atoms with E-state index in [-0.39, 0.29) is 12.4 Å². The Hall–Kier alpha value is -0.600. The van der Waals surface area contributed by atoms with Crippen LogP contribution in [-0.4, -0.2) is 31.0 Å². The Kier molecular flexibility index (Phi) is 24.3. The second kappa shape index (κ2) is 23.1. The van der Waals surface area contributed by atoms with Gasteiger partial charge in [0.25, 0.3) is 0 Å². The summed E-state index contributed by atoms with van der Waals surface area (Å²) in [5, 5.41) is 0. The van der Waals surface area contributed by atoms with Gasteiger partial charge in [-0.05, 0) is 38.2 Å². The molecule has 0 radical (unpaired) electrons. The largest absolute Gasteiger partial charge is 1.00 e. The predicted octanol–water partition coefficient (Wildman–Crippen LogP) is 5.38. The summed E-state index contributed by atoms with van der Waals surface area (Å²) < 4.78 is 0.442. The van der Waals surface area contributed by atoms with Crippen LogP contribution in [0.5, 0.6) is 0 Å². The highest BCUT2D eigenvalue weighted by Gasteiger charge is 2.23. The molecule has 0 spiro atoms. The van der Waals surface area contributed by atoms with Gasteiger partial charge in [-0.15, -0.1) is 0 Å². The van der Waals surface area contributed by atoms with E-state index in [1.807, 2.05) is 20.2 Å². The molecule has 0 aliphatic heterocycles. The minimum absolute atomic E-state index is 0. The lowest BCUT2D eigenvalue weighted by Gasteiger charge is -2.25. The summed E-state index contributed by atoms with van der Waals surface area (Å²) in [7, 11) is 3.96. The maximum absolute atomic E-state index is 12.2. The van der Waals surface area contributed by atoms with E-state index in [2.05, 4.69) is 25.7 Å². The van der Waals surface area contributed by atoms with Crippen LogP contribution >= 0.6 is 0 Å². The van der Waals surface area contributed by atoms with E-state index in [0.717, 1.165) is 13.0 Å². The Morgan fingerprint density at radius 3 is 1.53 bits per heavy atom. The van der Waals surface area contributed by atoms with Gasteiger partial charge in [0.05, 0.1) is 20.5 Å². The Morgan fingerprint density at radius 2 is 1.10 bits per heavy atom. The third kappa shape index (κ3) is 20.7. The smallest absolute Gasteiger partial charge is 0.313 e. The van der Waals surface area contributed by atoms with Crippen molar-refractivity contribution in [2.24, 2.45) is 0 Å². The van der Waals surface area contributed by atoms with Gasteiger partial charge in [0.2, 0.25) is 0 Å². The highest BCUT2D eigenvalue weighted by Crippen LogP contribution is 2.13. The lowest BCUT2D eigenvalue weighted by Crippen LogP contribution is -3.00. The lowest BCUT2D eigenvalue weighted by atomic mass is 10.0. The summed E-state index contributed by atoms with van der Waals surface area (Å²) in [6.45, 7) is 6.75. The SMILES string of the molecule is C=CC[N+](C)(C)C(=O)CCCCCCCCCCC/C=C\CCCCCCCC.[Cl-]. The number of carbonyl (C=O) groups is 1. The van der Waals surface area contributed by atoms with E-state index >= 15 is 0 Å². The zero-order valence-corrected chi connectivity index (χ0v) is 21.4.